The summed E-state index contributed by atoms with van der Waals surface area (Å²) in [7, 11) is 0. The standard InChI is InChI=1S/C20H27N3O2/c1-13-11-16(21)19-17(22-13)9-6-10-18(19)25-12-14(2)23-20(24)15-7-4-3-5-8-15/h6,9-11,14-15H,3-5,7-8,12H2,1-2H3,(H2,21,22)(H,23,24)/t14-/m0/s1. The Balaban J connectivity index is 1.63. The molecule has 134 valence electrons. The fourth-order valence-corrected chi connectivity index (χ4v) is 3.52. The van der Waals surface area contributed by atoms with Gasteiger partial charge in [-0.1, -0.05) is 25.3 Å². The van der Waals surface area contributed by atoms with E-state index in [0.717, 1.165) is 42.3 Å². The summed E-state index contributed by atoms with van der Waals surface area (Å²) < 4.78 is 5.96. The molecule has 25 heavy (non-hydrogen) atoms. The minimum Gasteiger partial charge on any atom is -0.491 e. The second kappa shape index (κ2) is 7.72. The van der Waals surface area contributed by atoms with Gasteiger partial charge >= 0.3 is 0 Å². The Bertz CT molecular complexity index is 754. The number of anilines is 1. The summed E-state index contributed by atoms with van der Waals surface area (Å²) in [5.41, 5.74) is 8.53. The number of aromatic nitrogens is 1. The summed E-state index contributed by atoms with van der Waals surface area (Å²) in [6, 6.07) is 7.54. The average Bonchev–Trinajstić information content (AvgIpc) is 2.60. The highest BCUT2D eigenvalue weighted by molar-refractivity contribution is 5.95. The summed E-state index contributed by atoms with van der Waals surface area (Å²) in [5.74, 6) is 1.03. The van der Waals surface area contributed by atoms with E-state index in [-0.39, 0.29) is 17.9 Å². The van der Waals surface area contributed by atoms with Crippen LogP contribution in [-0.4, -0.2) is 23.5 Å². The SMILES string of the molecule is Cc1cc(N)c2c(OC[C@H](C)NC(=O)C3CCCCC3)cccc2n1. The van der Waals surface area contributed by atoms with E-state index in [2.05, 4.69) is 10.3 Å². The molecule has 1 aliphatic rings. The molecule has 3 N–H and O–H groups in total. The van der Waals surface area contributed by atoms with Crippen LogP contribution in [0.3, 0.4) is 0 Å². The Morgan fingerprint density at radius 3 is 2.88 bits per heavy atom. The molecule has 0 unspecified atom stereocenters. The molecular weight excluding hydrogens is 314 g/mol. The molecule has 0 saturated heterocycles. The lowest BCUT2D eigenvalue weighted by Gasteiger charge is -2.23. The third-order valence-electron chi connectivity index (χ3n) is 4.81. The molecule has 0 radical (unpaired) electrons. The van der Waals surface area contributed by atoms with Crippen LogP contribution in [0.1, 0.15) is 44.7 Å². The highest BCUT2D eigenvalue weighted by Gasteiger charge is 2.22. The summed E-state index contributed by atoms with van der Waals surface area (Å²) in [4.78, 5) is 16.8. The summed E-state index contributed by atoms with van der Waals surface area (Å²) in [6.45, 7) is 4.30. The van der Waals surface area contributed by atoms with Crippen LogP contribution in [0, 0.1) is 12.8 Å². The van der Waals surface area contributed by atoms with Crippen LogP contribution in [0.25, 0.3) is 10.9 Å². The van der Waals surface area contributed by atoms with E-state index in [0.29, 0.717) is 18.0 Å². The molecule has 1 saturated carbocycles. The number of nitrogens with zero attached hydrogens (tertiary/aromatic N) is 1. The zero-order valence-corrected chi connectivity index (χ0v) is 15.0. The van der Waals surface area contributed by atoms with Gasteiger partial charge in [-0.05, 0) is 44.9 Å². The normalized spacial score (nSPS) is 16.6. The molecule has 5 nitrogen and oxygen atoms in total. The number of amides is 1. The number of carbonyl (C=O) groups is 1. The number of benzene rings is 1. The van der Waals surface area contributed by atoms with Crippen molar-refractivity contribution in [2.45, 2.75) is 52.0 Å². The van der Waals surface area contributed by atoms with E-state index in [9.17, 15) is 4.79 Å². The van der Waals surface area contributed by atoms with Gasteiger partial charge in [0.1, 0.15) is 12.4 Å². The molecule has 0 aliphatic heterocycles. The third kappa shape index (κ3) is 4.21. The van der Waals surface area contributed by atoms with Crippen LogP contribution in [0.4, 0.5) is 5.69 Å². The minimum absolute atomic E-state index is 0.0516. The lowest BCUT2D eigenvalue weighted by Crippen LogP contribution is -2.40. The van der Waals surface area contributed by atoms with Crippen LogP contribution in [0.15, 0.2) is 24.3 Å². The molecule has 2 aromatic rings. The first-order valence-electron chi connectivity index (χ1n) is 9.13. The Morgan fingerprint density at radius 1 is 1.36 bits per heavy atom. The number of carbonyl (C=O) groups excluding carboxylic acids is 1. The molecule has 1 aromatic carbocycles. The molecule has 1 amide bonds. The van der Waals surface area contributed by atoms with Gasteiger partial charge in [0.2, 0.25) is 5.91 Å². The predicted molar refractivity (Wildman–Crippen MR) is 101 cm³/mol. The van der Waals surface area contributed by atoms with Crippen molar-refractivity contribution in [3.63, 3.8) is 0 Å². The number of ether oxygens (including phenoxy) is 1. The van der Waals surface area contributed by atoms with Gasteiger partial charge in [0.25, 0.3) is 0 Å². The van der Waals surface area contributed by atoms with Crippen molar-refractivity contribution in [1.82, 2.24) is 10.3 Å². The minimum atomic E-state index is -0.0516. The van der Waals surface area contributed by atoms with Crippen LogP contribution >= 0.6 is 0 Å². The van der Waals surface area contributed by atoms with Gasteiger partial charge in [-0.15, -0.1) is 0 Å². The summed E-state index contributed by atoms with van der Waals surface area (Å²) >= 11 is 0. The molecule has 1 aliphatic carbocycles. The fraction of sp³-hybridized carbons (Fsp3) is 0.500. The van der Waals surface area contributed by atoms with Crippen molar-refractivity contribution in [2.24, 2.45) is 5.92 Å². The van der Waals surface area contributed by atoms with Crippen LogP contribution in [0.2, 0.25) is 0 Å². The maximum atomic E-state index is 12.3. The highest BCUT2D eigenvalue weighted by atomic mass is 16.5. The lowest BCUT2D eigenvalue weighted by atomic mass is 9.88. The van der Waals surface area contributed by atoms with E-state index >= 15 is 0 Å². The van der Waals surface area contributed by atoms with Crippen molar-refractivity contribution < 1.29 is 9.53 Å². The first-order chi connectivity index (χ1) is 12.0. The van der Waals surface area contributed by atoms with E-state index in [1.165, 1.54) is 6.42 Å². The van der Waals surface area contributed by atoms with Crippen LogP contribution in [-0.2, 0) is 4.79 Å². The van der Waals surface area contributed by atoms with Crippen molar-refractivity contribution in [2.75, 3.05) is 12.3 Å². The zero-order chi connectivity index (χ0) is 17.8. The van der Waals surface area contributed by atoms with E-state index in [1.54, 1.807) is 0 Å². The smallest absolute Gasteiger partial charge is 0.223 e. The molecule has 5 heteroatoms. The highest BCUT2D eigenvalue weighted by Crippen LogP contribution is 2.30. The van der Waals surface area contributed by atoms with E-state index in [4.69, 9.17) is 10.5 Å². The molecule has 1 heterocycles. The lowest BCUT2D eigenvalue weighted by molar-refractivity contribution is -0.126. The van der Waals surface area contributed by atoms with Gasteiger partial charge < -0.3 is 15.8 Å². The van der Waals surface area contributed by atoms with Crippen molar-refractivity contribution >= 4 is 22.5 Å². The maximum absolute atomic E-state index is 12.3. The molecule has 3 rings (SSSR count). The van der Waals surface area contributed by atoms with E-state index < -0.39 is 0 Å². The van der Waals surface area contributed by atoms with Gasteiger partial charge in [0.15, 0.2) is 0 Å². The number of pyridine rings is 1. The summed E-state index contributed by atoms with van der Waals surface area (Å²) in [5, 5.41) is 3.91. The van der Waals surface area contributed by atoms with Gasteiger partial charge in [-0.3, -0.25) is 9.78 Å². The topological polar surface area (TPSA) is 77.2 Å². The first kappa shape index (κ1) is 17.5. The first-order valence-corrected chi connectivity index (χ1v) is 9.13. The Morgan fingerprint density at radius 2 is 2.12 bits per heavy atom. The fourth-order valence-electron chi connectivity index (χ4n) is 3.52. The van der Waals surface area contributed by atoms with Gasteiger partial charge in [-0.25, -0.2) is 0 Å². The average molecular weight is 341 g/mol. The van der Waals surface area contributed by atoms with E-state index in [1.807, 2.05) is 38.1 Å². The van der Waals surface area contributed by atoms with Crippen molar-refractivity contribution in [3.05, 3.63) is 30.0 Å². The second-order valence-corrected chi connectivity index (χ2v) is 7.06. The number of hydrogen-bond donors (Lipinski definition) is 2. The molecular formula is C20H27N3O2. The predicted octanol–water partition coefficient (Wildman–Crippen LogP) is 3.59. The molecule has 1 fully saturated rings. The molecule has 0 spiro atoms. The number of hydrogen-bond acceptors (Lipinski definition) is 4. The van der Waals surface area contributed by atoms with Gasteiger partial charge in [0.05, 0.1) is 16.9 Å². The number of nitrogen functional groups attached to an aromatic ring is 1. The number of nitrogens with one attached hydrogen (secondary N) is 1. The monoisotopic (exact) mass is 341 g/mol. The summed E-state index contributed by atoms with van der Waals surface area (Å²) in [6.07, 6.45) is 5.57. The Hall–Kier alpha value is -2.30. The molecule has 1 aromatic heterocycles. The molecule has 0 bridgehead atoms. The van der Waals surface area contributed by atoms with Crippen molar-refractivity contribution in [3.8, 4) is 5.75 Å². The van der Waals surface area contributed by atoms with Gasteiger partial charge in [-0.2, -0.15) is 0 Å². The number of fused-ring (bicyclic) bond motifs is 1. The van der Waals surface area contributed by atoms with Gasteiger partial charge in [0, 0.05) is 17.3 Å². The zero-order valence-electron chi connectivity index (χ0n) is 15.0. The Kier molecular flexibility index (Phi) is 5.41. The number of rotatable bonds is 5. The number of aryl methyl sites for hydroxylation is 1. The molecule has 1 atom stereocenters. The second-order valence-electron chi connectivity index (χ2n) is 7.06. The number of nitrogens with two attached hydrogens (primary N) is 1. The Labute approximate surface area is 149 Å². The van der Waals surface area contributed by atoms with Crippen LogP contribution < -0.4 is 15.8 Å². The third-order valence-corrected chi connectivity index (χ3v) is 4.81. The maximum Gasteiger partial charge on any atom is 0.223 e. The largest absolute Gasteiger partial charge is 0.491 e. The van der Waals surface area contributed by atoms with Crippen molar-refractivity contribution in [1.29, 1.82) is 0 Å². The quantitative estimate of drug-likeness (QED) is 0.871. The van der Waals surface area contributed by atoms with Crippen LogP contribution in [0.5, 0.6) is 5.75 Å².